The molecule has 0 aromatic carbocycles. The lowest BCUT2D eigenvalue weighted by Gasteiger charge is -1.98. The van der Waals surface area contributed by atoms with Crippen LogP contribution in [-0.4, -0.2) is 12.6 Å². The average Bonchev–Trinajstić information content (AvgIpc) is 2.14. The van der Waals surface area contributed by atoms with Crippen LogP contribution < -0.4 is 0 Å². The maximum Gasteiger partial charge on any atom is 0.308 e. The molecule has 0 fully saturated rings. The molecule has 0 amide bonds. The van der Waals surface area contributed by atoms with E-state index in [1.165, 1.54) is 6.26 Å². The molecule has 0 aromatic heterocycles. The molecule has 0 spiro atoms. The Kier molecular flexibility index (Phi) is 1.20. The van der Waals surface area contributed by atoms with E-state index in [4.69, 9.17) is 4.74 Å². The van der Waals surface area contributed by atoms with Crippen LogP contribution in [0.1, 0.15) is 6.92 Å². The minimum atomic E-state index is -0.824. The van der Waals surface area contributed by atoms with Gasteiger partial charge in [0, 0.05) is 0 Å². The third-order valence-electron chi connectivity index (χ3n) is 0.747. The second kappa shape index (κ2) is 1.86. The molecule has 1 unspecified atom stereocenters. The molecule has 1 heterocycles. The predicted molar refractivity (Wildman–Crippen MR) is 25.4 cm³/mol. The smallest absolute Gasteiger partial charge is 0.308 e. The molecule has 1 aliphatic rings. The maximum atomic E-state index is 9.74. The van der Waals surface area contributed by atoms with Crippen LogP contribution in [-0.2, 0) is 14.3 Å². The number of rotatable bonds is 1. The molecule has 43 valence electrons. The second-order valence-electron chi connectivity index (χ2n) is 1.43. The highest BCUT2D eigenvalue weighted by Crippen LogP contribution is 2.09. The van der Waals surface area contributed by atoms with Gasteiger partial charge in [0.05, 0.1) is 0 Å². The van der Waals surface area contributed by atoms with Crippen molar-refractivity contribution in [1.82, 2.24) is 0 Å². The van der Waals surface area contributed by atoms with Crippen molar-refractivity contribution in [3.05, 3.63) is 12.0 Å². The van der Waals surface area contributed by atoms with E-state index in [1.54, 1.807) is 13.2 Å². The lowest BCUT2D eigenvalue weighted by molar-refractivity contribution is 0.0245. The van der Waals surface area contributed by atoms with Gasteiger partial charge in [-0.05, 0) is 6.92 Å². The SMILES string of the molecule is CC1=COC([C]=O)O1. The highest BCUT2D eigenvalue weighted by atomic mass is 16.7. The van der Waals surface area contributed by atoms with Gasteiger partial charge < -0.3 is 9.47 Å². The van der Waals surface area contributed by atoms with E-state index in [9.17, 15) is 4.79 Å². The summed E-state index contributed by atoms with van der Waals surface area (Å²) in [6.07, 6.45) is 2.11. The van der Waals surface area contributed by atoms with E-state index in [2.05, 4.69) is 4.74 Å². The molecule has 0 aromatic rings. The van der Waals surface area contributed by atoms with Crippen molar-refractivity contribution in [3.63, 3.8) is 0 Å². The number of allylic oxidation sites excluding steroid dienone is 1. The summed E-state index contributed by atoms with van der Waals surface area (Å²) in [4.78, 5) is 9.74. The van der Waals surface area contributed by atoms with Crippen molar-refractivity contribution in [2.45, 2.75) is 13.2 Å². The largest absolute Gasteiger partial charge is 0.452 e. The van der Waals surface area contributed by atoms with Gasteiger partial charge in [-0.15, -0.1) is 0 Å². The Morgan fingerprint density at radius 3 is 2.88 bits per heavy atom. The Labute approximate surface area is 46.9 Å². The molecule has 0 saturated heterocycles. The summed E-state index contributed by atoms with van der Waals surface area (Å²) in [6.45, 7) is 1.71. The zero-order chi connectivity index (χ0) is 5.98. The van der Waals surface area contributed by atoms with E-state index < -0.39 is 6.29 Å². The zero-order valence-corrected chi connectivity index (χ0v) is 4.38. The van der Waals surface area contributed by atoms with Crippen LogP contribution in [0, 0.1) is 0 Å². The first-order chi connectivity index (χ1) is 3.83. The van der Waals surface area contributed by atoms with Gasteiger partial charge in [0.25, 0.3) is 6.29 Å². The highest BCUT2D eigenvalue weighted by Gasteiger charge is 2.14. The van der Waals surface area contributed by atoms with E-state index in [1.807, 2.05) is 0 Å². The van der Waals surface area contributed by atoms with Crippen molar-refractivity contribution >= 4 is 6.29 Å². The van der Waals surface area contributed by atoms with E-state index in [-0.39, 0.29) is 0 Å². The van der Waals surface area contributed by atoms with Crippen molar-refractivity contribution in [2.24, 2.45) is 0 Å². The average molecular weight is 113 g/mol. The number of hydrogen-bond acceptors (Lipinski definition) is 3. The van der Waals surface area contributed by atoms with Gasteiger partial charge >= 0.3 is 6.29 Å². The minimum Gasteiger partial charge on any atom is -0.452 e. The normalized spacial score (nSPS) is 25.6. The summed E-state index contributed by atoms with van der Waals surface area (Å²) in [5.41, 5.74) is 0. The van der Waals surface area contributed by atoms with Crippen molar-refractivity contribution in [1.29, 1.82) is 0 Å². The van der Waals surface area contributed by atoms with Crippen LogP contribution in [0.2, 0.25) is 0 Å². The Morgan fingerprint density at radius 1 is 1.88 bits per heavy atom. The minimum absolute atomic E-state index is 0.610. The maximum absolute atomic E-state index is 9.74. The molecular weight excluding hydrogens is 108 g/mol. The van der Waals surface area contributed by atoms with Gasteiger partial charge in [0.1, 0.15) is 12.0 Å². The lowest BCUT2D eigenvalue weighted by atomic mass is 10.6. The fraction of sp³-hybridized carbons (Fsp3) is 0.400. The summed E-state index contributed by atoms with van der Waals surface area (Å²) < 4.78 is 9.33. The van der Waals surface area contributed by atoms with Gasteiger partial charge in [-0.25, -0.2) is 0 Å². The quantitative estimate of drug-likeness (QED) is 0.491. The van der Waals surface area contributed by atoms with Crippen molar-refractivity contribution in [2.75, 3.05) is 0 Å². The standard InChI is InChI=1S/C5H5O3/c1-4-3-7-5(2-6)8-4/h3,5H,1H3. The summed E-state index contributed by atoms with van der Waals surface area (Å²) in [6, 6.07) is 0. The van der Waals surface area contributed by atoms with Crippen LogP contribution >= 0.6 is 0 Å². The second-order valence-corrected chi connectivity index (χ2v) is 1.43. The first-order valence-electron chi connectivity index (χ1n) is 2.19. The molecule has 0 N–H and O–H groups in total. The molecule has 1 rings (SSSR count). The predicted octanol–water partition coefficient (Wildman–Crippen LogP) is 0.330. The van der Waals surface area contributed by atoms with Gasteiger partial charge in [-0.1, -0.05) is 0 Å². The number of carbonyl (C=O) groups excluding carboxylic acids is 1. The Bertz CT molecular complexity index is 128. The number of hydrogen-bond donors (Lipinski definition) is 0. The van der Waals surface area contributed by atoms with E-state index in [0.717, 1.165) is 0 Å². The first-order valence-corrected chi connectivity index (χ1v) is 2.19. The van der Waals surface area contributed by atoms with E-state index in [0.29, 0.717) is 5.76 Å². The van der Waals surface area contributed by atoms with E-state index >= 15 is 0 Å². The van der Waals surface area contributed by atoms with Crippen molar-refractivity contribution < 1.29 is 14.3 Å². The number of ether oxygens (including phenoxy) is 2. The summed E-state index contributed by atoms with van der Waals surface area (Å²) in [7, 11) is 0. The molecule has 8 heavy (non-hydrogen) atoms. The fourth-order valence-corrected chi connectivity index (χ4v) is 0.434. The summed E-state index contributed by atoms with van der Waals surface area (Å²) in [5.74, 6) is 0.610. The Balaban J connectivity index is 2.43. The van der Waals surface area contributed by atoms with Gasteiger partial charge in [-0.2, -0.15) is 0 Å². The summed E-state index contributed by atoms with van der Waals surface area (Å²) >= 11 is 0. The van der Waals surface area contributed by atoms with Gasteiger partial charge in [-0.3, -0.25) is 4.79 Å². The molecule has 0 saturated carbocycles. The van der Waals surface area contributed by atoms with Crippen LogP contribution in [0.4, 0.5) is 0 Å². The fourth-order valence-electron chi connectivity index (χ4n) is 0.434. The van der Waals surface area contributed by atoms with Gasteiger partial charge in [0.15, 0.2) is 0 Å². The third kappa shape index (κ3) is 0.804. The molecule has 3 nitrogen and oxygen atoms in total. The van der Waals surface area contributed by atoms with Crippen LogP contribution in [0.5, 0.6) is 0 Å². The molecule has 0 aliphatic carbocycles. The highest BCUT2D eigenvalue weighted by molar-refractivity contribution is 5.55. The molecule has 1 aliphatic heterocycles. The molecule has 0 bridgehead atoms. The molecule has 1 atom stereocenters. The van der Waals surface area contributed by atoms with Crippen LogP contribution in [0.25, 0.3) is 0 Å². The van der Waals surface area contributed by atoms with Gasteiger partial charge in [0.2, 0.25) is 0 Å². The monoisotopic (exact) mass is 113 g/mol. The zero-order valence-electron chi connectivity index (χ0n) is 4.38. The van der Waals surface area contributed by atoms with Crippen LogP contribution in [0.3, 0.4) is 0 Å². The lowest BCUT2D eigenvalue weighted by Crippen LogP contribution is -2.08. The third-order valence-corrected chi connectivity index (χ3v) is 0.747. The first kappa shape index (κ1) is 5.15. The molecule has 1 radical (unpaired) electrons. The Hall–Kier alpha value is -0.990. The molecule has 3 heteroatoms. The topological polar surface area (TPSA) is 35.5 Å². The van der Waals surface area contributed by atoms with Crippen LogP contribution in [0.15, 0.2) is 12.0 Å². The Morgan fingerprint density at radius 2 is 2.62 bits per heavy atom. The molecular formula is C5H5O3. The summed E-state index contributed by atoms with van der Waals surface area (Å²) in [5, 5.41) is 0. The van der Waals surface area contributed by atoms with Crippen molar-refractivity contribution in [3.8, 4) is 0 Å².